The third kappa shape index (κ3) is 3.09. The average molecular weight is 353 g/mol. The van der Waals surface area contributed by atoms with Gasteiger partial charge in [0.25, 0.3) is 5.91 Å². The van der Waals surface area contributed by atoms with Gasteiger partial charge in [0.15, 0.2) is 0 Å². The van der Waals surface area contributed by atoms with Gasteiger partial charge < -0.3 is 10.2 Å². The Morgan fingerprint density at radius 3 is 2.50 bits per heavy atom. The monoisotopic (exact) mass is 352 g/mol. The molecule has 1 amide bonds. The molecule has 1 saturated heterocycles. The third-order valence-corrected chi connectivity index (χ3v) is 3.45. The molecule has 1 N–H and O–H groups in total. The van der Waals surface area contributed by atoms with E-state index in [1.54, 1.807) is 0 Å². The summed E-state index contributed by atoms with van der Waals surface area (Å²) in [5, 5.41) is 3.24. The van der Waals surface area contributed by atoms with Crippen LogP contribution in [0, 0.1) is 3.57 Å². The number of piperazine rings is 1. The van der Waals surface area contributed by atoms with Crippen LogP contribution in [0.15, 0.2) is 24.3 Å². The summed E-state index contributed by atoms with van der Waals surface area (Å²) in [4.78, 5) is 14.0. The summed E-state index contributed by atoms with van der Waals surface area (Å²) < 4.78 is 1.03. The highest BCUT2D eigenvalue weighted by molar-refractivity contribution is 14.1. The lowest BCUT2D eigenvalue weighted by Gasteiger charge is -2.27. The van der Waals surface area contributed by atoms with Gasteiger partial charge in [-0.05, 0) is 34.7 Å². The zero-order chi connectivity index (χ0) is 10.7. The summed E-state index contributed by atoms with van der Waals surface area (Å²) in [6, 6.07) is 7.73. The number of amides is 1. The van der Waals surface area contributed by atoms with Gasteiger partial charge in [-0.25, -0.2) is 0 Å². The van der Waals surface area contributed by atoms with Crippen LogP contribution in [0.1, 0.15) is 10.4 Å². The number of carbonyl (C=O) groups excluding carboxylic acids is 1. The van der Waals surface area contributed by atoms with Crippen LogP contribution in [0.3, 0.4) is 0 Å². The number of rotatable bonds is 1. The molecule has 0 bridgehead atoms. The van der Waals surface area contributed by atoms with Gasteiger partial charge in [-0.1, -0.05) is 12.1 Å². The molecule has 0 aromatic heterocycles. The number of benzene rings is 1. The number of carbonyl (C=O) groups is 1. The Hall–Kier alpha value is -0.330. The topological polar surface area (TPSA) is 32.3 Å². The standard InChI is InChI=1S/C11H13IN2O.ClH/c12-10-4-2-1-3-9(10)11(15)14-7-5-13-6-8-14;/h1-4,13H,5-8H2;1H. The van der Waals surface area contributed by atoms with Gasteiger partial charge in [0.05, 0.1) is 5.56 Å². The highest BCUT2D eigenvalue weighted by Gasteiger charge is 2.19. The van der Waals surface area contributed by atoms with E-state index in [0.29, 0.717) is 0 Å². The van der Waals surface area contributed by atoms with Crippen molar-refractivity contribution in [2.75, 3.05) is 26.2 Å². The quantitative estimate of drug-likeness (QED) is 0.781. The molecule has 1 heterocycles. The first-order valence-electron chi connectivity index (χ1n) is 5.03. The van der Waals surface area contributed by atoms with E-state index in [0.717, 1.165) is 35.3 Å². The van der Waals surface area contributed by atoms with Crippen molar-refractivity contribution in [3.63, 3.8) is 0 Å². The van der Waals surface area contributed by atoms with E-state index in [9.17, 15) is 4.79 Å². The minimum absolute atomic E-state index is 0. The number of nitrogens with zero attached hydrogens (tertiary/aromatic N) is 1. The van der Waals surface area contributed by atoms with Crippen LogP contribution in [0.25, 0.3) is 0 Å². The Balaban J connectivity index is 0.00000128. The SMILES string of the molecule is Cl.O=C(c1ccccc1I)N1CCNCC1. The van der Waals surface area contributed by atoms with Crippen molar-refractivity contribution in [3.8, 4) is 0 Å². The van der Waals surface area contributed by atoms with Gasteiger partial charge in [0.2, 0.25) is 0 Å². The summed E-state index contributed by atoms with van der Waals surface area (Å²) >= 11 is 2.21. The molecule has 0 spiro atoms. The fourth-order valence-corrected chi connectivity index (χ4v) is 2.29. The minimum atomic E-state index is 0. The van der Waals surface area contributed by atoms with E-state index in [1.165, 1.54) is 0 Å². The molecule has 1 aliphatic heterocycles. The maximum atomic E-state index is 12.1. The van der Waals surface area contributed by atoms with Crippen LogP contribution in [-0.4, -0.2) is 37.0 Å². The summed E-state index contributed by atoms with van der Waals surface area (Å²) in [5.74, 6) is 0.154. The van der Waals surface area contributed by atoms with Crippen molar-refractivity contribution in [1.82, 2.24) is 10.2 Å². The van der Waals surface area contributed by atoms with Crippen molar-refractivity contribution in [2.24, 2.45) is 0 Å². The van der Waals surface area contributed by atoms with Gasteiger partial charge in [-0.2, -0.15) is 0 Å². The van der Waals surface area contributed by atoms with Crippen LogP contribution in [0.4, 0.5) is 0 Å². The molecule has 88 valence electrons. The molecule has 1 fully saturated rings. The van der Waals surface area contributed by atoms with E-state index in [-0.39, 0.29) is 18.3 Å². The molecule has 1 aliphatic rings. The Morgan fingerprint density at radius 1 is 1.25 bits per heavy atom. The second-order valence-corrected chi connectivity index (χ2v) is 4.68. The Morgan fingerprint density at radius 2 is 1.88 bits per heavy atom. The summed E-state index contributed by atoms with van der Waals surface area (Å²) in [6.45, 7) is 3.41. The third-order valence-electron chi connectivity index (χ3n) is 2.51. The summed E-state index contributed by atoms with van der Waals surface area (Å²) in [7, 11) is 0. The van der Waals surface area contributed by atoms with E-state index in [2.05, 4.69) is 27.9 Å². The maximum absolute atomic E-state index is 12.1. The van der Waals surface area contributed by atoms with E-state index in [1.807, 2.05) is 29.2 Å². The fraction of sp³-hybridized carbons (Fsp3) is 0.364. The average Bonchev–Trinajstić information content (AvgIpc) is 2.30. The molecule has 2 rings (SSSR count). The first-order chi connectivity index (χ1) is 7.29. The van der Waals surface area contributed by atoms with Gasteiger partial charge in [-0.15, -0.1) is 12.4 Å². The van der Waals surface area contributed by atoms with Gasteiger partial charge in [-0.3, -0.25) is 4.79 Å². The van der Waals surface area contributed by atoms with Crippen molar-refractivity contribution < 1.29 is 4.79 Å². The molecule has 0 atom stereocenters. The molecular weight excluding hydrogens is 338 g/mol. The lowest BCUT2D eigenvalue weighted by Crippen LogP contribution is -2.46. The molecule has 0 saturated carbocycles. The Kier molecular flexibility index (Phi) is 5.51. The lowest BCUT2D eigenvalue weighted by atomic mass is 10.2. The zero-order valence-corrected chi connectivity index (χ0v) is 11.8. The highest BCUT2D eigenvalue weighted by atomic mass is 127. The van der Waals surface area contributed by atoms with E-state index in [4.69, 9.17) is 0 Å². The first kappa shape index (κ1) is 13.7. The molecular formula is C11H14ClIN2O. The number of nitrogens with one attached hydrogen (secondary N) is 1. The second kappa shape index (κ2) is 6.42. The number of hydrogen-bond acceptors (Lipinski definition) is 2. The Bertz CT molecular complexity index is 367. The van der Waals surface area contributed by atoms with Crippen molar-refractivity contribution in [1.29, 1.82) is 0 Å². The summed E-state index contributed by atoms with van der Waals surface area (Å²) in [6.07, 6.45) is 0. The smallest absolute Gasteiger partial charge is 0.255 e. The summed E-state index contributed by atoms with van der Waals surface area (Å²) in [5.41, 5.74) is 0.819. The highest BCUT2D eigenvalue weighted by Crippen LogP contribution is 2.14. The minimum Gasteiger partial charge on any atom is -0.336 e. The van der Waals surface area contributed by atoms with Crippen molar-refractivity contribution in [2.45, 2.75) is 0 Å². The van der Waals surface area contributed by atoms with Crippen LogP contribution < -0.4 is 5.32 Å². The van der Waals surface area contributed by atoms with E-state index < -0.39 is 0 Å². The molecule has 0 unspecified atom stereocenters. The molecule has 0 radical (unpaired) electrons. The number of halogens is 2. The first-order valence-corrected chi connectivity index (χ1v) is 6.11. The lowest BCUT2D eigenvalue weighted by molar-refractivity contribution is 0.0735. The van der Waals surface area contributed by atoms with Gasteiger partial charge in [0, 0.05) is 29.7 Å². The predicted octanol–water partition coefficient (Wildman–Crippen LogP) is 1.76. The zero-order valence-electron chi connectivity index (χ0n) is 8.78. The van der Waals surface area contributed by atoms with Crippen molar-refractivity contribution >= 4 is 40.9 Å². The number of hydrogen-bond donors (Lipinski definition) is 1. The molecule has 3 nitrogen and oxygen atoms in total. The Labute approximate surface area is 115 Å². The second-order valence-electron chi connectivity index (χ2n) is 3.52. The molecule has 16 heavy (non-hydrogen) atoms. The molecule has 1 aromatic rings. The fourth-order valence-electron chi connectivity index (χ4n) is 1.67. The van der Waals surface area contributed by atoms with Gasteiger partial charge in [0.1, 0.15) is 0 Å². The molecule has 0 aliphatic carbocycles. The van der Waals surface area contributed by atoms with E-state index >= 15 is 0 Å². The van der Waals surface area contributed by atoms with Crippen LogP contribution in [-0.2, 0) is 0 Å². The van der Waals surface area contributed by atoms with Crippen molar-refractivity contribution in [3.05, 3.63) is 33.4 Å². The normalized spacial score (nSPS) is 15.4. The van der Waals surface area contributed by atoms with Crippen LogP contribution >= 0.6 is 35.0 Å². The molecule has 5 heteroatoms. The molecule has 1 aromatic carbocycles. The van der Waals surface area contributed by atoms with Crippen LogP contribution in [0.2, 0.25) is 0 Å². The predicted molar refractivity (Wildman–Crippen MR) is 75.2 cm³/mol. The van der Waals surface area contributed by atoms with Crippen LogP contribution in [0.5, 0.6) is 0 Å². The largest absolute Gasteiger partial charge is 0.336 e. The maximum Gasteiger partial charge on any atom is 0.255 e. The van der Waals surface area contributed by atoms with Gasteiger partial charge >= 0.3 is 0 Å².